The summed E-state index contributed by atoms with van der Waals surface area (Å²) in [5.74, 6) is 2.51. The molecule has 86 valence electrons. The summed E-state index contributed by atoms with van der Waals surface area (Å²) in [6.45, 7) is 9.23. The molecule has 1 aliphatic rings. The van der Waals surface area contributed by atoms with E-state index in [9.17, 15) is 0 Å². The van der Waals surface area contributed by atoms with Crippen LogP contribution in [-0.4, -0.2) is 0 Å². The van der Waals surface area contributed by atoms with E-state index in [2.05, 4.69) is 45.9 Å². The van der Waals surface area contributed by atoms with Crippen molar-refractivity contribution in [2.24, 2.45) is 17.8 Å². The van der Waals surface area contributed by atoms with Crippen LogP contribution in [0.2, 0.25) is 0 Å². The molecule has 15 heavy (non-hydrogen) atoms. The Morgan fingerprint density at radius 3 is 2.53 bits per heavy atom. The van der Waals surface area contributed by atoms with Gasteiger partial charge in [0, 0.05) is 0 Å². The zero-order valence-electron chi connectivity index (χ0n) is 10.8. The summed E-state index contributed by atoms with van der Waals surface area (Å²) in [4.78, 5) is 0. The Bertz CT molecular complexity index is 232. The second-order valence-electron chi connectivity index (χ2n) is 5.51. The molecule has 2 unspecified atom stereocenters. The molecule has 0 amide bonds. The molecular weight excluding hydrogens is 180 g/mol. The summed E-state index contributed by atoms with van der Waals surface area (Å²) in [5, 5.41) is 0. The van der Waals surface area contributed by atoms with Crippen molar-refractivity contribution in [2.75, 3.05) is 0 Å². The van der Waals surface area contributed by atoms with Gasteiger partial charge in [-0.3, -0.25) is 0 Å². The first-order valence-corrected chi connectivity index (χ1v) is 6.44. The standard InChI is InChI=1S/C15H26/c1-12(2)6-5-7-14(4)15-10-8-13(3)9-11-15/h8-10,12,14-15H,5-7,11H2,1-4H3. The molecule has 0 bridgehead atoms. The summed E-state index contributed by atoms with van der Waals surface area (Å²) < 4.78 is 0. The molecule has 0 fully saturated rings. The lowest BCUT2D eigenvalue weighted by Crippen LogP contribution is -2.11. The van der Waals surface area contributed by atoms with Crippen molar-refractivity contribution in [3.05, 3.63) is 23.8 Å². The SMILES string of the molecule is CC1=CCC(C(C)CCCC(C)C)C=C1. The number of hydrogen-bond acceptors (Lipinski definition) is 0. The minimum Gasteiger partial charge on any atom is -0.0810 e. The molecule has 0 aliphatic heterocycles. The Kier molecular flexibility index (Phi) is 5.14. The van der Waals surface area contributed by atoms with Crippen LogP contribution in [0.5, 0.6) is 0 Å². The van der Waals surface area contributed by atoms with Crippen molar-refractivity contribution >= 4 is 0 Å². The van der Waals surface area contributed by atoms with Gasteiger partial charge in [0.25, 0.3) is 0 Å². The normalized spacial score (nSPS) is 23.0. The molecule has 0 spiro atoms. The van der Waals surface area contributed by atoms with Crippen molar-refractivity contribution in [1.29, 1.82) is 0 Å². The Morgan fingerprint density at radius 1 is 1.27 bits per heavy atom. The van der Waals surface area contributed by atoms with Crippen molar-refractivity contribution in [3.63, 3.8) is 0 Å². The Labute approximate surface area is 95.5 Å². The fourth-order valence-corrected chi connectivity index (χ4v) is 2.23. The molecule has 0 saturated heterocycles. The number of hydrogen-bond donors (Lipinski definition) is 0. The maximum atomic E-state index is 2.41. The topological polar surface area (TPSA) is 0 Å². The fraction of sp³-hybridized carbons (Fsp3) is 0.733. The van der Waals surface area contributed by atoms with E-state index in [0.29, 0.717) is 0 Å². The third-order valence-corrected chi connectivity index (χ3v) is 3.49. The van der Waals surface area contributed by atoms with Crippen LogP contribution in [0.25, 0.3) is 0 Å². The smallest absolute Gasteiger partial charge is 0.0170 e. The van der Waals surface area contributed by atoms with Crippen LogP contribution < -0.4 is 0 Å². The average Bonchev–Trinajstić information content (AvgIpc) is 2.18. The summed E-state index contributed by atoms with van der Waals surface area (Å²) in [6, 6.07) is 0. The lowest BCUT2D eigenvalue weighted by atomic mass is 9.83. The predicted molar refractivity (Wildman–Crippen MR) is 68.9 cm³/mol. The van der Waals surface area contributed by atoms with Gasteiger partial charge in [0.1, 0.15) is 0 Å². The Morgan fingerprint density at radius 2 is 2.00 bits per heavy atom. The van der Waals surface area contributed by atoms with E-state index in [0.717, 1.165) is 17.8 Å². The van der Waals surface area contributed by atoms with Gasteiger partial charge in [-0.2, -0.15) is 0 Å². The number of rotatable bonds is 5. The molecule has 1 rings (SSSR count). The average molecular weight is 206 g/mol. The monoisotopic (exact) mass is 206 g/mol. The van der Waals surface area contributed by atoms with Crippen molar-refractivity contribution in [2.45, 2.75) is 53.4 Å². The molecule has 0 aromatic rings. The third kappa shape index (κ3) is 4.68. The van der Waals surface area contributed by atoms with Crippen molar-refractivity contribution < 1.29 is 0 Å². The minimum absolute atomic E-state index is 0.792. The summed E-state index contributed by atoms with van der Waals surface area (Å²) in [5.41, 5.74) is 1.43. The quantitative estimate of drug-likeness (QED) is 0.595. The highest BCUT2D eigenvalue weighted by Gasteiger charge is 2.15. The minimum atomic E-state index is 0.792. The van der Waals surface area contributed by atoms with Crippen LogP contribution in [0.1, 0.15) is 53.4 Å². The van der Waals surface area contributed by atoms with E-state index in [1.54, 1.807) is 0 Å². The van der Waals surface area contributed by atoms with Crippen LogP contribution in [-0.2, 0) is 0 Å². The molecule has 0 radical (unpaired) electrons. The van der Waals surface area contributed by atoms with E-state index in [-0.39, 0.29) is 0 Å². The van der Waals surface area contributed by atoms with Crippen LogP contribution in [0, 0.1) is 17.8 Å². The molecule has 0 saturated carbocycles. The molecule has 0 aromatic carbocycles. The maximum Gasteiger partial charge on any atom is -0.0170 e. The van der Waals surface area contributed by atoms with E-state index in [1.165, 1.54) is 31.3 Å². The van der Waals surface area contributed by atoms with Crippen LogP contribution in [0.4, 0.5) is 0 Å². The molecule has 0 N–H and O–H groups in total. The molecular formula is C15H26. The summed E-state index contributed by atoms with van der Waals surface area (Å²) in [7, 11) is 0. The lowest BCUT2D eigenvalue weighted by Gasteiger charge is -2.22. The van der Waals surface area contributed by atoms with E-state index >= 15 is 0 Å². The summed E-state index contributed by atoms with van der Waals surface area (Å²) in [6.07, 6.45) is 12.5. The fourth-order valence-electron chi connectivity index (χ4n) is 2.23. The first-order chi connectivity index (χ1) is 7.09. The van der Waals surface area contributed by atoms with Crippen molar-refractivity contribution in [1.82, 2.24) is 0 Å². The largest absolute Gasteiger partial charge is 0.0810 e. The molecule has 0 heterocycles. The second-order valence-corrected chi connectivity index (χ2v) is 5.51. The van der Waals surface area contributed by atoms with Gasteiger partial charge in [-0.1, -0.05) is 63.8 Å². The van der Waals surface area contributed by atoms with Crippen LogP contribution >= 0.6 is 0 Å². The van der Waals surface area contributed by atoms with Crippen molar-refractivity contribution in [3.8, 4) is 0 Å². The third-order valence-electron chi connectivity index (χ3n) is 3.49. The molecule has 2 atom stereocenters. The van der Waals surface area contributed by atoms with E-state index < -0.39 is 0 Å². The van der Waals surface area contributed by atoms with Gasteiger partial charge < -0.3 is 0 Å². The van der Waals surface area contributed by atoms with Gasteiger partial charge in [-0.15, -0.1) is 0 Å². The number of allylic oxidation sites excluding steroid dienone is 4. The Hall–Kier alpha value is -0.520. The maximum absolute atomic E-state index is 2.41. The lowest BCUT2D eigenvalue weighted by molar-refractivity contribution is 0.373. The van der Waals surface area contributed by atoms with Gasteiger partial charge in [-0.25, -0.2) is 0 Å². The molecule has 0 aromatic heterocycles. The second kappa shape index (κ2) is 6.15. The van der Waals surface area contributed by atoms with E-state index in [1.807, 2.05) is 0 Å². The highest BCUT2D eigenvalue weighted by Crippen LogP contribution is 2.27. The predicted octanol–water partition coefficient (Wildman–Crippen LogP) is 4.97. The van der Waals surface area contributed by atoms with Gasteiger partial charge in [-0.05, 0) is 31.1 Å². The van der Waals surface area contributed by atoms with Crippen LogP contribution in [0.3, 0.4) is 0 Å². The van der Waals surface area contributed by atoms with E-state index in [4.69, 9.17) is 0 Å². The zero-order valence-corrected chi connectivity index (χ0v) is 10.8. The molecule has 1 aliphatic carbocycles. The van der Waals surface area contributed by atoms with Gasteiger partial charge in [0.2, 0.25) is 0 Å². The molecule has 0 heteroatoms. The van der Waals surface area contributed by atoms with Gasteiger partial charge in [0.15, 0.2) is 0 Å². The van der Waals surface area contributed by atoms with Gasteiger partial charge in [0.05, 0.1) is 0 Å². The van der Waals surface area contributed by atoms with Gasteiger partial charge >= 0.3 is 0 Å². The Balaban J connectivity index is 2.24. The first kappa shape index (κ1) is 12.5. The van der Waals surface area contributed by atoms with Crippen LogP contribution in [0.15, 0.2) is 23.8 Å². The molecule has 0 nitrogen and oxygen atoms in total. The summed E-state index contributed by atoms with van der Waals surface area (Å²) >= 11 is 0. The first-order valence-electron chi connectivity index (χ1n) is 6.44. The highest BCUT2D eigenvalue weighted by atomic mass is 14.2. The highest BCUT2D eigenvalue weighted by molar-refractivity contribution is 5.21. The zero-order chi connectivity index (χ0) is 11.3.